The highest BCUT2D eigenvalue weighted by atomic mass is 35.5. The SMILES string of the molecule is COc1ccc(OC2CCN(c3nc4cnccc4cc3Cl)CC2)c(F)c1. The summed E-state index contributed by atoms with van der Waals surface area (Å²) in [7, 11) is 1.51. The van der Waals surface area contributed by atoms with Crippen LogP contribution in [0.4, 0.5) is 10.2 Å². The zero-order valence-electron chi connectivity index (χ0n) is 14.9. The van der Waals surface area contributed by atoms with E-state index in [1.807, 2.05) is 12.1 Å². The predicted octanol–water partition coefficient (Wildman–Crippen LogP) is 4.48. The van der Waals surface area contributed by atoms with Gasteiger partial charge in [0, 0.05) is 43.6 Å². The van der Waals surface area contributed by atoms with Crippen LogP contribution in [0, 0.1) is 5.82 Å². The molecule has 1 aliphatic heterocycles. The molecule has 0 aliphatic carbocycles. The van der Waals surface area contributed by atoms with Crippen molar-refractivity contribution in [2.75, 3.05) is 25.1 Å². The van der Waals surface area contributed by atoms with E-state index < -0.39 is 5.82 Å². The lowest BCUT2D eigenvalue weighted by Gasteiger charge is -2.33. The molecule has 1 saturated heterocycles. The fourth-order valence-corrected chi connectivity index (χ4v) is 3.55. The van der Waals surface area contributed by atoms with E-state index in [-0.39, 0.29) is 11.9 Å². The maximum absolute atomic E-state index is 14.1. The molecule has 0 bridgehead atoms. The Bertz CT molecular complexity index is 961. The van der Waals surface area contributed by atoms with Crippen LogP contribution in [0.2, 0.25) is 5.02 Å². The highest BCUT2D eigenvalue weighted by Crippen LogP contribution is 2.31. The molecule has 4 rings (SSSR count). The van der Waals surface area contributed by atoms with Crippen molar-refractivity contribution in [1.29, 1.82) is 0 Å². The zero-order chi connectivity index (χ0) is 18.8. The van der Waals surface area contributed by atoms with Gasteiger partial charge in [0.2, 0.25) is 0 Å². The van der Waals surface area contributed by atoms with E-state index in [4.69, 9.17) is 21.1 Å². The molecule has 0 spiro atoms. The fourth-order valence-electron chi connectivity index (χ4n) is 3.27. The Hall–Kier alpha value is -2.60. The maximum atomic E-state index is 14.1. The number of aromatic nitrogens is 2. The number of halogens is 2. The van der Waals surface area contributed by atoms with Gasteiger partial charge in [-0.15, -0.1) is 0 Å². The molecule has 3 aromatic rings. The van der Waals surface area contributed by atoms with Crippen LogP contribution >= 0.6 is 11.6 Å². The van der Waals surface area contributed by atoms with Crippen LogP contribution in [-0.2, 0) is 0 Å². The summed E-state index contributed by atoms with van der Waals surface area (Å²) in [5.41, 5.74) is 0.815. The molecular weight excluding hydrogens is 369 g/mol. The average molecular weight is 388 g/mol. The molecule has 0 unspecified atom stereocenters. The number of hydrogen-bond acceptors (Lipinski definition) is 5. The number of ether oxygens (including phenoxy) is 2. The number of fused-ring (bicyclic) bond motifs is 1. The molecule has 3 heterocycles. The summed E-state index contributed by atoms with van der Waals surface area (Å²) >= 11 is 6.43. The lowest BCUT2D eigenvalue weighted by Crippen LogP contribution is -2.39. The predicted molar refractivity (Wildman–Crippen MR) is 103 cm³/mol. The Morgan fingerprint density at radius 1 is 1.19 bits per heavy atom. The monoisotopic (exact) mass is 387 g/mol. The third kappa shape index (κ3) is 3.76. The number of rotatable bonds is 4. The van der Waals surface area contributed by atoms with Crippen LogP contribution in [0.15, 0.2) is 42.7 Å². The van der Waals surface area contributed by atoms with E-state index in [1.165, 1.54) is 13.2 Å². The van der Waals surface area contributed by atoms with E-state index in [2.05, 4.69) is 14.9 Å². The molecule has 5 nitrogen and oxygen atoms in total. The summed E-state index contributed by atoms with van der Waals surface area (Å²) in [4.78, 5) is 10.9. The summed E-state index contributed by atoms with van der Waals surface area (Å²) < 4.78 is 25.0. The lowest BCUT2D eigenvalue weighted by molar-refractivity contribution is 0.163. The minimum Gasteiger partial charge on any atom is -0.497 e. The van der Waals surface area contributed by atoms with Crippen molar-refractivity contribution in [3.63, 3.8) is 0 Å². The zero-order valence-corrected chi connectivity index (χ0v) is 15.6. The molecule has 1 fully saturated rings. The van der Waals surface area contributed by atoms with Gasteiger partial charge in [0.15, 0.2) is 11.6 Å². The maximum Gasteiger partial charge on any atom is 0.168 e. The normalized spacial score (nSPS) is 15.1. The van der Waals surface area contributed by atoms with Crippen molar-refractivity contribution in [2.45, 2.75) is 18.9 Å². The van der Waals surface area contributed by atoms with Crippen LogP contribution in [0.5, 0.6) is 11.5 Å². The lowest BCUT2D eigenvalue weighted by atomic mass is 10.1. The van der Waals surface area contributed by atoms with Crippen molar-refractivity contribution in [1.82, 2.24) is 9.97 Å². The van der Waals surface area contributed by atoms with Crippen LogP contribution < -0.4 is 14.4 Å². The number of nitrogens with zero attached hydrogens (tertiary/aromatic N) is 3. The van der Waals surface area contributed by atoms with E-state index in [1.54, 1.807) is 24.5 Å². The molecule has 0 amide bonds. The van der Waals surface area contributed by atoms with Crippen LogP contribution in [0.25, 0.3) is 10.9 Å². The van der Waals surface area contributed by atoms with Gasteiger partial charge in [-0.2, -0.15) is 0 Å². The molecule has 0 atom stereocenters. The van der Waals surface area contributed by atoms with Gasteiger partial charge in [-0.1, -0.05) is 11.6 Å². The van der Waals surface area contributed by atoms with Crippen LogP contribution in [0.3, 0.4) is 0 Å². The smallest absolute Gasteiger partial charge is 0.168 e. The first-order chi connectivity index (χ1) is 13.1. The molecule has 7 heteroatoms. The van der Waals surface area contributed by atoms with Crippen molar-refractivity contribution in [3.05, 3.63) is 53.6 Å². The molecule has 27 heavy (non-hydrogen) atoms. The second kappa shape index (κ2) is 7.56. The van der Waals surface area contributed by atoms with Gasteiger partial charge in [-0.3, -0.25) is 4.98 Å². The van der Waals surface area contributed by atoms with E-state index in [0.29, 0.717) is 10.8 Å². The molecule has 0 N–H and O–H groups in total. The minimum absolute atomic E-state index is 0.0509. The Morgan fingerprint density at radius 3 is 2.74 bits per heavy atom. The van der Waals surface area contributed by atoms with Gasteiger partial charge >= 0.3 is 0 Å². The van der Waals surface area contributed by atoms with Gasteiger partial charge < -0.3 is 14.4 Å². The number of benzene rings is 1. The average Bonchev–Trinajstić information content (AvgIpc) is 2.69. The first kappa shape index (κ1) is 17.8. The Morgan fingerprint density at radius 2 is 2.00 bits per heavy atom. The van der Waals surface area contributed by atoms with Crippen molar-refractivity contribution < 1.29 is 13.9 Å². The topological polar surface area (TPSA) is 47.5 Å². The standard InChI is InChI=1S/C20H19ClFN3O2/c1-26-15-2-3-19(17(22)11-15)27-14-5-8-25(9-6-14)20-16(21)10-13-4-7-23-12-18(13)24-20/h2-4,7,10-12,14H,5-6,8-9H2,1H3. The molecular formula is C20H19ClFN3O2. The number of piperidine rings is 1. The van der Waals surface area contributed by atoms with E-state index in [9.17, 15) is 4.39 Å². The van der Waals surface area contributed by atoms with Crippen molar-refractivity contribution in [3.8, 4) is 11.5 Å². The molecule has 1 aliphatic rings. The Balaban J connectivity index is 1.44. The van der Waals surface area contributed by atoms with Gasteiger partial charge in [0.1, 0.15) is 17.7 Å². The third-order valence-electron chi connectivity index (χ3n) is 4.73. The van der Waals surface area contributed by atoms with E-state index in [0.717, 1.165) is 42.7 Å². The second-order valence-corrected chi connectivity index (χ2v) is 6.87. The van der Waals surface area contributed by atoms with Gasteiger partial charge in [0.05, 0.1) is 23.8 Å². The van der Waals surface area contributed by atoms with Gasteiger partial charge in [-0.25, -0.2) is 9.37 Å². The quantitative estimate of drug-likeness (QED) is 0.660. The first-order valence-electron chi connectivity index (χ1n) is 8.79. The van der Waals surface area contributed by atoms with Crippen LogP contribution in [0.1, 0.15) is 12.8 Å². The summed E-state index contributed by atoms with van der Waals surface area (Å²) in [6.45, 7) is 1.47. The van der Waals surface area contributed by atoms with E-state index >= 15 is 0 Å². The van der Waals surface area contributed by atoms with Crippen LogP contribution in [-0.4, -0.2) is 36.3 Å². The molecule has 0 radical (unpaired) electrons. The summed E-state index contributed by atoms with van der Waals surface area (Å²) in [5.74, 6) is 1.07. The minimum atomic E-state index is -0.413. The highest BCUT2D eigenvalue weighted by Gasteiger charge is 2.24. The fraction of sp³-hybridized carbons (Fsp3) is 0.300. The number of hydrogen-bond donors (Lipinski definition) is 0. The molecule has 140 valence electrons. The number of anilines is 1. The summed E-state index contributed by atoms with van der Waals surface area (Å²) in [5, 5.41) is 1.58. The largest absolute Gasteiger partial charge is 0.497 e. The Labute approximate surface area is 161 Å². The second-order valence-electron chi connectivity index (χ2n) is 6.46. The van der Waals surface area contributed by atoms with Gasteiger partial charge in [0.25, 0.3) is 0 Å². The number of methoxy groups -OCH3 is 1. The van der Waals surface area contributed by atoms with Crippen molar-refractivity contribution >= 4 is 28.3 Å². The Kier molecular flexibility index (Phi) is 4.99. The molecule has 0 saturated carbocycles. The summed E-state index contributed by atoms with van der Waals surface area (Å²) in [6.07, 6.45) is 4.92. The van der Waals surface area contributed by atoms with Gasteiger partial charge in [-0.05, 0) is 24.3 Å². The number of pyridine rings is 2. The summed E-state index contributed by atoms with van der Waals surface area (Å²) in [6, 6.07) is 8.44. The molecule has 2 aromatic heterocycles. The third-order valence-corrected chi connectivity index (χ3v) is 5.01. The molecule has 1 aromatic carbocycles. The van der Waals surface area contributed by atoms with Crippen molar-refractivity contribution in [2.24, 2.45) is 0 Å². The highest BCUT2D eigenvalue weighted by molar-refractivity contribution is 6.33. The first-order valence-corrected chi connectivity index (χ1v) is 9.17.